The van der Waals surface area contributed by atoms with Crippen molar-refractivity contribution in [3.05, 3.63) is 12.2 Å². The summed E-state index contributed by atoms with van der Waals surface area (Å²) in [6.45, 7) is 2.33. The molecule has 0 spiro atoms. The summed E-state index contributed by atoms with van der Waals surface area (Å²) in [4.78, 5) is 0. The summed E-state index contributed by atoms with van der Waals surface area (Å²) >= 11 is 0. The Labute approximate surface area is 114 Å². The smallest absolute Gasteiger partial charge is 0.0203 e. The maximum Gasteiger partial charge on any atom is -0.0203 e. The van der Waals surface area contributed by atoms with Gasteiger partial charge in [0.2, 0.25) is 0 Å². The van der Waals surface area contributed by atoms with Gasteiger partial charge in [0.05, 0.1) is 0 Å². The van der Waals surface area contributed by atoms with Gasteiger partial charge in [-0.2, -0.15) is 0 Å². The van der Waals surface area contributed by atoms with E-state index in [1.54, 1.807) is 0 Å². The van der Waals surface area contributed by atoms with E-state index in [0.717, 1.165) is 17.8 Å². The van der Waals surface area contributed by atoms with Gasteiger partial charge < -0.3 is 0 Å². The summed E-state index contributed by atoms with van der Waals surface area (Å²) in [6.07, 6.45) is 22.7. The molecule has 2 aliphatic carbocycles. The Balaban J connectivity index is 1.88. The van der Waals surface area contributed by atoms with E-state index in [2.05, 4.69) is 19.1 Å². The standard InChI is InChI=1S/C18H32/c1-2-3-10-16-11-8-9-14-18(15-16)17-12-6-4-5-7-13-17/h9,14,16-18H,2-8,10-13,15H2,1H3. The highest BCUT2D eigenvalue weighted by atomic mass is 14.3. The number of hydrogen-bond donors (Lipinski definition) is 0. The van der Waals surface area contributed by atoms with Crippen LogP contribution >= 0.6 is 0 Å². The second-order valence-electron chi connectivity index (χ2n) is 6.66. The van der Waals surface area contributed by atoms with Crippen molar-refractivity contribution in [1.82, 2.24) is 0 Å². The first-order chi connectivity index (χ1) is 8.90. The lowest BCUT2D eigenvalue weighted by Gasteiger charge is -2.26. The molecule has 2 atom stereocenters. The van der Waals surface area contributed by atoms with Crippen LogP contribution in [0.5, 0.6) is 0 Å². The van der Waals surface area contributed by atoms with Crippen molar-refractivity contribution in [2.75, 3.05) is 0 Å². The molecule has 0 aromatic rings. The molecule has 1 fully saturated rings. The monoisotopic (exact) mass is 248 g/mol. The molecule has 0 aromatic heterocycles. The van der Waals surface area contributed by atoms with Crippen molar-refractivity contribution in [3.8, 4) is 0 Å². The zero-order valence-electron chi connectivity index (χ0n) is 12.4. The fraction of sp³-hybridized carbons (Fsp3) is 0.889. The van der Waals surface area contributed by atoms with E-state index in [1.165, 1.54) is 77.0 Å². The zero-order valence-corrected chi connectivity index (χ0v) is 12.4. The Kier molecular flexibility index (Phi) is 6.31. The predicted molar refractivity (Wildman–Crippen MR) is 80.7 cm³/mol. The van der Waals surface area contributed by atoms with Gasteiger partial charge in [0.15, 0.2) is 0 Å². The second kappa shape index (κ2) is 8.02. The molecule has 0 aromatic carbocycles. The molecule has 0 bridgehead atoms. The minimum absolute atomic E-state index is 0.924. The first kappa shape index (κ1) is 14.2. The van der Waals surface area contributed by atoms with Crippen LogP contribution < -0.4 is 0 Å². The maximum atomic E-state index is 2.60. The highest BCUT2D eigenvalue weighted by Crippen LogP contribution is 2.37. The Morgan fingerprint density at radius 1 is 1.00 bits per heavy atom. The van der Waals surface area contributed by atoms with Gasteiger partial charge >= 0.3 is 0 Å². The lowest BCUT2D eigenvalue weighted by molar-refractivity contribution is 0.278. The second-order valence-corrected chi connectivity index (χ2v) is 6.66. The molecule has 0 heterocycles. The molecule has 0 amide bonds. The van der Waals surface area contributed by atoms with Crippen LogP contribution in [-0.4, -0.2) is 0 Å². The number of unbranched alkanes of at least 4 members (excludes halogenated alkanes) is 1. The Morgan fingerprint density at radius 2 is 1.78 bits per heavy atom. The first-order valence-corrected chi connectivity index (χ1v) is 8.56. The average Bonchev–Trinajstić information content (AvgIpc) is 2.78. The lowest BCUT2D eigenvalue weighted by atomic mass is 9.79. The molecule has 0 N–H and O–H groups in total. The third kappa shape index (κ3) is 4.44. The van der Waals surface area contributed by atoms with Crippen molar-refractivity contribution >= 4 is 0 Å². The molecule has 104 valence electrons. The van der Waals surface area contributed by atoms with Crippen molar-refractivity contribution in [3.63, 3.8) is 0 Å². The van der Waals surface area contributed by atoms with Gasteiger partial charge in [-0.1, -0.05) is 64.0 Å². The summed E-state index contributed by atoms with van der Waals surface area (Å²) in [5, 5.41) is 0. The van der Waals surface area contributed by atoms with Crippen molar-refractivity contribution < 1.29 is 0 Å². The van der Waals surface area contributed by atoms with Crippen LogP contribution in [0.25, 0.3) is 0 Å². The minimum Gasteiger partial charge on any atom is -0.0882 e. The molecule has 0 saturated heterocycles. The number of rotatable bonds is 4. The topological polar surface area (TPSA) is 0 Å². The molecular formula is C18H32. The molecule has 2 rings (SSSR count). The SMILES string of the molecule is CCCCC1CCC=CC(C2CCCCCC2)C1. The summed E-state index contributed by atoms with van der Waals surface area (Å²) in [5.74, 6) is 2.96. The lowest BCUT2D eigenvalue weighted by Crippen LogP contribution is -2.15. The van der Waals surface area contributed by atoms with Crippen molar-refractivity contribution in [2.24, 2.45) is 17.8 Å². The quantitative estimate of drug-likeness (QED) is 0.415. The summed E-state index contributed by atoms with van der Waals surface area (Å²) < 4.78 is 0. The first-order valence-electron chi connectivity index (χ1n) is 8.56. The van der Waals surface area contributed by atoms with Crippen molar-refractivity contribution in [2.45, 2.75) is 84.0 Å². The van der Waals surface area contributed by atoms with Crippen LogP contribution in [0.3, 0.4) is 0 Å². The van der Waals surface area contributed by atoms with Gasteiger partial charge in [0.25, 0.3) is 0 Å². The zero-order chi connectivity index (χ0) is 12.6. The van der Waals surface area contributed by atoms with Crippen LogP contribution in [0.1, 0.15) is 84.0 Å². The molecular weight excluding hydrogens is 216 g/mol. The number of hydrogen-bond acceptors (Lipinski definition) is 0. The van der Waals surface area contributed by atoms with E-state index in [-0.39, 0.29) is 0 Å². The summed E-state index contributed by atoms with van der Waals surface area (Å²) in [5.41, 5.74) is 0. The van der Waals surface area contributed by atoms with E-state index in [4.69, 9.17) is 0 Å². The van der Waals surface area contributed by atoms with E-state index in [0.29, 0.717) is 0 Å². The normalized spacial score (nSPS) is 30.9. The molecule has 0 heteroatoms. The fourth-order valence-electron chi connectivity index (χ4n) is 4.03. The summed E-state index contributed by atoms with van der Waals surface area (Å²) in [6, 6.07) is 0. The van der Waals surface area contributed by atoms with Crippen LogP contribution in [0.15, 0.2) is 12.2 Å². The van der Waals surface area contributed by atoms with E-state index in [1.807, 2.05) is 0 Å². The molecule has 0 radical (unpaired) electrons. The molecule has 0 nitrogen and oxygen atoms in total. The highest BCUT2D eigenvalue weighted by molar-refractivity contribution is 4.96. The van der Waals surface area contributed by atoms with Gasteiger partial charge in [0, 0.05) is 0 Å². The third-order valence-electron chi connectivity index (χ3n) is 5.20. The predicted octanol–water partition coefficient (Wildman–Crippen LogP) is 6.12. The van der Waals surface area contributed by atoms with Gasteiger partial charge in [-0.3, -0.25) is 0 Å². The maximum absolute atomic E-state index is 2.60. The fourth-order valence-corrected chi connectivity index (χ4v) is 4.03. The van der Waals surface area contributed by atoms with Crippen LogP contribution in [-0.2, 0) is 0 Å². The minimum atomic E-state index is 0.924. The molecule has 0 aliphatic heterocycles. The van der Waals surface area contributed by atoms with Gasteiger partial charge in [0.1, 0.15) is 0 Å². The van der Waals surface area contributed by atoms with Gasteiger partial charge in [-0.25, -0.2) is 0 Å². The molecule has 2 aliphatic rings. The highest BCUT2D eigenvalue weighted by Gasteiger charge is 2.24. The molecule has 18 heavy (non-hydrogen) atoms. The third-order valence-corrected chi connectivity index (χ3v) is 5.20. The van der Waals surface area contributed by atoms with Crippen LogP contribution in [0.4, 0.5) is 0 Å². The Hall–Kier alpha value is -0.260. The molecule has 1 saturated carbocycles. The van der Waals surface area contributed by atoms with Crippen LogP contribution in [0, 0.1) is 17.8 Å². The molecule has 2 unspecified atom stereocenters. The average molecular weight is 248 g/mol. The van der Waals surface area contributed by atoms with E-state index < -0.39 is 0 Å². The summed E-state index contributed by atoms with van der Waals surface area (Å²) in [7, 11) is 0. The van der Waals surface area contributed by atoms with Gasteiger partial charge in [-0.05, 0) is 49.9 Å². The van der Waals surface area contributed by atoms with E-state index >= 15 is 0 Å². The Bertz CT molecular complexity index is 232. The van der Waals surface area contributed by atoms with Gasteiger partial charge in [-0.15, -0.1) is 0 Å². The van der Waals surface area contributed by atoms with Crippen molar-refractivity contribution in [1.29, 1.82) is 0 Å². The Morgan fingerprint density at radius 3 is 2.50 bits per heavy atom. The largest absolute Gasteiger partial charge is 0.0882 e. The number of allylic oxidation sites excluding steroid dienone is 2. The van der Waals surface area contributed by atoms with E-state index in [9.17, 15) is 0 Å². The van der Waals surface area contributed by atoms with Crippen LogP contribution in [0.2, 0.25) is 0 Å².